The predicted octanol–water partition coefficient (Wildman–Crippen LogP) is -0.729. The van der Waals surface area contributed by atoms with Gasteiger partial charge in [0.25, 0.3) is 0 Å². The largest absolute Gasteiger partial charge is 0.540 e. The fraction of sp³-hybridized carbons (Fsp3) is 0.600. The van der Waals surface area contributed by atoms with E-state index in [4.69, 9.17) is 0 Å². The second-order valence-corrected chi connectivity index (χ2v) is 1.36. The number of likely N-dealkylation sites (N-methyl/N-ethyl adjacent to an activating group) is 1. The van der Waals surface area contributed by atoms with E-state index in [9.17, 15) is 9.59 Å². The Morgan fingerprint density at radius 2 is 2.33 bits per heavy atom. The van der Waals surface area contributed by atoms with Crippen LogP contribution in [0.3, 0.4) is 0 Å². The van der Waals surface area contributed by atoms with Crippen molar-refractivity contribution in [3.8, 4) is 0 Å². The zero-order chi connectivity index (χ0) is 6.41. The summed E-state index contributed by atoms with van der Waals surface area (Å²) >= 11 is 0. The Balaban J connectivity index is 0. The van der Waals surface area contributed by atoms with Crippen LogP contribution in [0.25, 0.3) is 0 Å². The molecular formula is C5H8NO2Y-. The third-order valence-electron chi connectivity index (χ3n) is 0.823. The Kier molecular flexibility index (Phi) is 11.3. The molecule has 0 aromatic heterocycles. The monoisotopic (exact) mass is 203 g/mol. The van der Waals surface area contributed by atoms with Gasteiger partial charge in [0, 0.05) is 32.7 Å². The number of carbonyl (C=O) groups is 1. The fourth-order valence-electron chi connectivity index (χ4n) is 0.321. The van der Waals surface area contributed by atoms with Crippen LogP contribution in [0.2, 0.25) is 0 Å². The molecule has 0 aromatic carbocycles. The molecule has 3 nitrogen and oxygen atoms in total. The van der Waals surface area contributed by atoms with Gasteiger partial charge in [-0.15, -0.1) is 0 Å². The van der Waals surface area contributed by atoms with Crippen molar-refractivity contribution >= 4 is 12.6 Å². The van der Waals surface area contributed by atoms with Crippen molar-refractivity contribution < 1.29 is 42.3 Å². The molecule has 0 rings (SSSR count). The smallest absolute Gasteiger partial charge is 0.119 e. The van der Waals surface area contributed by atoms with Gasteiger partial charge in [-0.3, -0.25) is 0 Å². The van der Waals surface area contributed by atoms with E-state index in [1.165, 1.54) is 0 Å². The van der Waals surface area contributed by atoms with Gasteiger partial charge < -0.3 is 14.9 Å². The first-order chi connectivity index (χ1) is 3.85. The van der Waals surface area contributed by atoms with Crippen molar-refractivity contribution in [2.45, 2.75) is 12.5 Å². The average Bonchev–Trinajstić information content (AvgIpc) is 1.83. The van der Waals surface area contributed by atoms with Gasteiger partial charge in [0.1, 0.15) is 6.29 Å². The van der Waals surface area contributed by atoms with Crippen LogP contribution in [-0.4, -0.2) is 25.7 Å². The van der Waals surface area contributed by atoms with Gasteiger partial charge in [-0.1, -0.05) is 6.04 Å². The molecule has 0 aliphatic heterocycles. The molecule has 1 unspecified atom stereocenters. The molecular weight excluding hydrogens is 195 g/mol. The van der Waals surface area contributed by atoms with Crippen LogP contribution < -0.4 is 5.32 Å². The summed E-state index contributed by atoms with van der Waals surface area (Å²) in [6.45, 7) is 0. The van der Waals surface area contributed by atoms with Crippen molar-refractivity contribution in [1.82, 2.24) is 5.32 Å². The molecule has 9 heavy (non-hydrogen) atoms. The van der Waals surface area contributed by atoms with Crippen molar-refractivity contribution in [1.29, 1.82) is 0 Å². The van der Waals surface area contributed by atoms with E-state index in [-0.39, 0.29) is 39.1 Å². The summed E-state index contributed by atoms with van der Waals surface area (Å²) in [5, 5.41) is 2.60. The number of hydrogen-bond donors (Lipinski definition) is 1. The first kappa shape index (κ1) is 12.1. The molecule has 0 heterocycles. The van der Waals surface area contributed by atoms with Crippen molar-refractivity contribution in [3.05, 3.63) is 0 Å². The van der Waals surface area contributed by atoms with Gasteiger partial charge in [0.2, 0.25) is 0 Å². The van der Waals surface area contributed by atoms with Crippen molar-refractivity contribution in [3.63, 3.8) is 0 Å². The molecule has 1 radical (unpaired) electrons. The maximum absolute atomic E-state index is 9.78. The molecule has 0 saturated heterocycles. The quantitative estimate of drug-likeness (QED) is 0.484. The van der Waals surface area contributed by atoms with E-state index in [0.29, 0.717) is 6.29 Å². The van der Waals surface area contributed by atoms with Gasteiger partial charge in [0.05, 0.1) is 0 Å². The minimum Gasteiger partial charge on any atom is -0.540 e. The second-order valence-electron chi connectivity index (χ2n) is 1.36. The van der Waals surface area contributed by atoms with Crippen LogP contribution in [0.15, 0.2) is 0 Å². The maximum Gasteiger partial charge on any atom is 0.119 e. The summed E-state index contributed by atoms with van der Waals surface area (Å²) in [6, 6.07) is -0.424. The van der Waals surface area contributed by atoms with Crippen molar-refractivity contribution in [2.24, 2.45) is 0 Å². The van der Waals surface area contributed by atoms with Gasteiger partial charge >= 0.3 is 0 Å². The van der Waals surface area contributed by atoms with E-state index in [0.717, 1.165) is 0 Å². The number of hydrogen-bond acceptors (Lipinski definition) is 3. The molecule has 0 fully saturated rings. The number of rotatable bonds is 4. The third kappa shape index (κ3) is 6.29. The van der Waals surface area contributed by atoms with E-state index in [1.54, 1.807) is 13.3 Å². The SMILES string of the molecule is CNC([C-]=O)CC=O.[Y]. The van der Waals surface area contributed by atoms with E-state index in [1.807, 2.05) is 0 Å². The number of aldehydes is 1. The molecule has 1 N–H and O–H groups in total. The first-order valence-corrected chi connectivity index (χ1v) is 2.33. The summed E-state index contributed by atoms with van der Waals surface area (Å²) in [7, 11) is 1.61. The Hall–Kier alpha value is 0.404. The molecule has 0 saturated carbocycles. The second kappa shape index (κ2) is 8.40. The first-order valence-electron chi connectivity index (χ1n) is 2.33. The van der Waals surface area contributed by atoms with Gasteiger partial charge in [0.15, 0.2) is 0 Å². The fourth-order valence-corrected chi connectivity index (χ4v) is 0.321. The van der Waals surface area contributed by atoms with Crippen LogP contribution >= 0.6 is 0 Å². The summed E-state index contributed by atoms with van der Waals surface area (Å²) in [6.07, 6.45) is 2.56. The molecule has 1 atom stereocenters. The summed E-state index contributed by atoms with van der Waals surface area (Å²) in [4.78, 5) is 19.5. The summed E-state index contributed by atoms with van der Waals surface area (Å²) in [5.41, 5.74) is 0. The van der Waals surface area contributed by atoms with E-state index < -0.39 is 6.04 Å². The van der Waals surface area contributed by atoms with Gasteiger partial charge in [-0.2, -0.15) is 0 Å². The Morgan fingerprint density at radius 1 is 1.78 bits per heavy atom. The predicted molar refractivity (Wildman–Crippen MR) is 29.2 cm³/mol. The van der Waals surface area contributed by atoms with Crippen LogP contribution in [0.1, 0.15) is 6.42 Å². The Morgan fingerprint density at radius 3 is 2.44 bits per heavy atom. The zero-order valence-electron chi connectivity index (χ0n) is 5.26. The third-order valence-corrected chi connectivity index (χ3v) is 0.823. The molecule has 0 amide bonds. The molecule has 0 aliphatic rings. The van der Waals surface area contributed by atoms with Crippen LogP contribution in [-0.2, 0) is 42.3 Å². The molecule has 0 bridgehead atoms. The van der Waals surface area contributed by atoms with E-state index >= 15 is 0 Å². The van der Waals surface area contributed by atoms with Crippen LogP contribution in [0.4, 0.5) is 0 Å². The molecule has 49 valence electrons. The maximum atomic E-state index is 9.78. The van der Waals surface area contributed by atoms with E-state index in [2.05, 4.69) is 5.32 Å². The molecule has 4 heteroatoms. The summed E-state index contributed by atoms with van der Waals surface area (Å²) < 4.78 is 0. The van der Waals surface area contributed by atoms with Crippen LogP contribution in [0, 0.1) is 0 Å². The topological polar surface area (TPSA) is 46.2 Å². The zero-order valence-corrected chi connectivity index (χ0v) is 8.09. The molecule has 0 spiro atoms. The minimum atomic E-state index is -0.424. The van der Waals surface area contributed by atoms with Crippen molar-refractivity contribution in [2.75, 3.05) is 7.05 Å². The summed E-state index contributed by atoms with van der Waals surface area (Å²) in [5.74, 6) is 0. The Bertz CT molecular complexity index is 87.0. The number of carbonyl (C=O) groups excluding carboxylic acids is 2. The van der Waals surface area contributed by atoms with Gasteiger partial charge in [-0.25, -0.2) is 6.29 Å². The van der Waals surface area contributed by atoms with Gasteiger partial charge in [-0.05, 0) is 13.5 Å². The average molecular weight is 203 g/mol. The normalized spacial score (nSPS) is 11.2. The number of nitrogens with one attached hydrogen (secondary N) is 1. The standard InChI is InChI=1S/C5H8NO2.Y/c1-6-5(4-8)2-3-7;/h3,5-6H,2H2,1H3;/q-1;. The van der Waals surface area contributed by atoms with Crippen LogP contribution in [0.5, 0.6) is 0 Å². The molecule has 0 aromatic rings. The molecule has 0 aliphatic carbocycles. The minimum absolute atomic E-state index is 0. The Labute approximate surface area is 79.5 Å².